The van der Waals surface area contributed by atoms with Gasteiger partial charge < -0.3 is 24.5 Å². The third-order valence-corrected chi connectivity index (χ3v) is 4.78. The maximum Gasteiger partial charge on any atom is 0.491 e. The molecule has 0 atom stereocenters. The van der Waals surface area contributed by atoms with Crippen molar-refractivity contribution in [2.24, 2.45) is 5.73 Å². The number of carbonyl (C=O) groups is 1. The monoisotopic (exact) mass is 347 g/mol. The van der Waals surface area contributed by atoms with Gasteiger partial charge in [-0.1, -0.05) is 6.08 Å². The molecule has 0 aromatic heterocycles. The van der Waals surface area contributed by atoms with E-state index in [2.05, 4.69) is 0 Å². The summed E-state index contributed by atoms with van der Waals surface area (Å²) in [4.78, 5) is 11.8. The Bertz CT molecular complexity index is 668. The number of hydrogen-bond donors (Lipinski definition) is 1. The highest BCUT2D eigenvalue weighted by atomic mass is 16.7. The van der Waals surface area contributed by atoms with E-state index in [9.17, 15) is 4.79 Å². The number of ether oxygens (including phenoxy) is 2. The SMILES string of the molecule is COC(=O)c1ccc(OC)c(C=C(CN)B2OC(C)(C)C(C)(C)O2)c1. The third-order valence-electron chi connectivity index (χ3n) is 4.78. The Balaban J connectivity index is 2.41. The second kappa shape index (κ2) is 7.19. The van der Waals surface area contributed by atoms with E-state index >= 15 is 0 Å². The molecule has 1 heterocycles. The highest BCUT2D eigenvalue weighted by Crippen LogP contribution is 2.39. The molecule has 0 aliphatic carbocycles. The van der Waals surface area contributed by atoms with Crippen molar-refractivity contribution in [3.05, 3.63) is 34.8 Å². The zero-order valence-electron chi connectivity index (χ0n) is 15.7. The average molecular weight is 347 g/mol. The van der Waals surface area contributed by atoms with Gasteiger partial charge in [-0.05, 0) is 51.4 Å². The van der Waals surface area contributed by atoms with Gasteiger partial charge in [0, 0.05) is 12.1 Å². The van der Waals surface area contributed by atoms with Crippen molar-refractivity contribution >= 4 is 19.2 Å². The second-order valence-electron chi connectivity index (χ2n) is 6.96. The van der Waals surface area contributed by atoms with Gasteiger partial charge in [0.2, 0.25) is 0 Å². The number of carbonyl (C=O) groups excluding carboxylic acids is 1. The Morgan fingerprint density at radius 1 is 1.20 bits per heavy atom. The van der Waals surface area contributed by atoms with Crippen LogP contribution < -0.4 is 10.5 Å². The van der Waals surface area contributed by atoms with Crippen LogP contribution in [0.4, 0.5) is 0 Å². The Labute approximate surface area is 149 Å². The van der Waals surface area contributed by atoms with E-state index in [1.165, 1.54) is 7.11 Å². The zero-order chi connectivity index (χ0) is 18.8. The molecule has 0 unspecified atom stereocenters. The van der Waals surface area contributed by atoms with Gasteiger partial charge in [-0.25, -0.2) is 4.79 Å². The van der Waals surface area contributed by atoms with Gasteiger partial charge in [-0.15, -0.1) is 0 Å². The van der Waals surface area contributed by atoms with Crippen LogP contribution in [0.3, 0.4) is 0 Å². The number of methoxy groups -OCH3 is 2. The highest BCUT2D eigenvalue weighted by Gasteiger charge is 2.52. The molecule has 25 heavy (non-hydrogen) atoms. The Morgan fingerprint density at radius 2 is 1.80 bits per heavy atom. The fourth-order valence-corrected chi connectivity index (χ4v) is 2.51. The molecule has 1 aliphatic heterocycles. The van der Waals surface area contributed by atoms with Gasteiger partial charge in [0.25, 0.3) is 0 Å². The standard InChI is InChI=1S/C18H26BNO5/c1-17(2)18(3,4)25-19(24-17)14(11-20)10-13-9-12(16(21)23-6)7-8-15(13)22-5/h7-10H,11,20H2,1-6H3. The molecule has 0 spiro atoms. The number of benzene rings is 1. The predicted molar refractivity (Wildman–Crippen MR) is 97.4 cm³/mol. The molecule has 1 fully saturated rings. The lowest BCUT2D eigenvalue weighted by molar-refractivity contribution is 0.00578. The smallest absolute Gasteiger partial charge is 0.491 e. The number of esters is 1. The minimum Gasteiger partial charge on any atom is -0.496 e. The molecule has 7 heteroatoms. The quantitative estimate of drug-likeness (QED) is 0.651. The van der Waals surface area contributed by atoms with E-state index in [0.717, 1.165) is 5.47 Å². The van der Waals surface area contributed by atoms with Gasteiger partial charge >= 0.3 is 13.1 Å². The Hall–Kier alpha value is -1.83. The van der Waals surface area contributed by atoms with Gasteiger partial charge in [-0.2, -0.15) is 0 Å². The molecule has 1 saturated heterocycles. The molecule has 136 valence electrons. The number of nitrogens with two attached hydrogens (primary N) is 1. The molecule has 0 amide bonds. The summed E-state index contributed by atoms with van der Waals surface area (Å²) in [5, 5.41) is 0. The van der Waals surface area contributed by atoms with E-state index in [4.69, 9.17) is 24.5 Å². The molecule has 6 nitrogen and oxygen atoms in total. The maximum atomic E-state index is 11.8. The number of hydrogen-bond acceptors (Lipinski definition) is 6. The van der Waals surface area contributed by atoms with Gasteiger partial charge in [-0.3, -0.25) is 0 Å². The van der Waals surface area contributed by atoms with Gasteiger partial charge in [0.1, 0.15) is 5.75 Å². The van der Waals surface area contributed by atoms with Crippen molar-refractivity contribution in [1.82, 2.24) is 0 Å². The molecule has 0 saturated carbocycles. The molecule has 0 radical (unpaired) electrons. The lowest BCUT2D eigenvalue weighted by Gasteiger charge is -2.32. The fraction of sp³-hybridized carbons (Fsp3) is 0.500. The second-order valence-corrected chi connectivity index (χ2v) is 6.96. The third kappa shape index (κ3) is 3.89. The minimum absolute atomic E-state index is 0.252. The van der Waals surface area contributed by atoms with Crippen LogP contribution in [0.2, 0.25) is 0 Å². The van der Waals surface area contributed by atoms with Crippen LogP contribution in [0.5, 0.6) is 5.75 Å². The van der Waals surface area contributed by atoms with Crippen LogP contribution in [0.15, 0.2) is 23.7 Å². The molecular formula is C18H26BNO5. The first-order valence-electron chi connectivity index (χ1n) is 8.17. The maximum absolute atomic E-state index is 11.8. The van der Waals surface area contributed by atoms with Crippen molar-refractivity contribution < 1.29 is 23.6 Å². The summed E-state index contributed by atoms with van der Waals surface area (Å²) in [5.74, 6) is 0.206. The van der Waals surface area contributed by atoms with Crippen LogP contribution in [-0.2, 0) is 14.0 Å². The average Bonchev–Trinajstić information content (AvgIpc) is 2.79. The predicted octanol–water partition coefficient (Wildman–Crippen LogP) is 2.46. The van der Waals surface area contributed by atoms with Crippen LogP contribution in [-0.4, -0.2) is 45.1 Å². The van der Waals surface area contributed by atoms with Crippen LogP contribution >= 0.6 is 0 Å². The minimum atomic E-state index is -0.554. The van der Waals surface area contributed by atoms with Crippen molar-refractivity contribution in [2.75, 3.05) is 20.8 Å². The first kappa shape index (κ1) is 19.5. The van der Waals surface area contributed by atoms with Crippen molar-refractivity contribution in [1.29, 1.82) is 0 Å². The summed E-state index contributed by atoms with van der Waals surface area (Å²) in [6.45, 7) is 8.20. The summed E-state index contributed by atoms with van der Waals surface area (Å²) >= 11 is 0. The van der Waals surface area contributed by atoms with Gasteiger partial charge in [0.15, 0.2) is 0 Å². The van der Waals surface area contributed by atoms with Gasteiger partial charge in [0.05, 0.1) is 31.0 Å². The Kier molecular flexibility index (Phi) is 5.61. The first-order valence-corrected chi connectivity index (χ1v) is 8.17. The first-order chi connectivity index (χ1) is 11.6. The summed E-state index contributed by atoms with van der Waals surface area (Å²) in [5.41, 5.74) is 6.93. The fourth-order valence-electron chi connectivity index (χ4n) is 2.51. The van der Waals surface area contributed by atoms with E-state index in [0.29, 0.717) is 16.9 Å². The normalized spacial score (nSPS) is 19.0. The highest BCUT2D eigenvalue weighted by molar-refractivity contribution is 6.56. The van der Waals surface area contributed by atoms with E-state index in [1.807, 2.05) is 33.8 Å². The molecular weight excluding hydrogens is 321 g/mol. The lowest BCUT2D eigenvalue weighted by atomic mass is 9.77. The van der Waals surface area contributed by atoms with E-state index in [1.54, 1.807) is 25.3 Å². The van der Waals surface area contributed by atoms with Crippen molar-refractivity contribution in [3.8, 4) is 5.75 Å². The van der Waals surface area contributed by atoms with Crippen molar-refractivity contribution in [3.63, 3.8) is 0 Å². The summed E-state index contributed by atoms with van der Waals surface area (Å²) < 4.78 is 22.3. The molecule has 1 aromatic rings. The largest absolute Gasteiger partial charge is 0.496 e. The molecule has 2 rings (SSSR count). The lowest BCUT2D eigenvalue weighted by Crippen LogP contribution is -2.41. The van der Waals surface area contributed by atoms with Crippen LogP contribution in [0, 0.1) is 0 Å². The van der Waals surface area contributed by atoms with Crippen molar-refractivity contribution in [2.45, 2.75) is 38.9 Å². The topological polar surface area (TPSA) is 80.0 Å². The molecule has 0 bridgehead atoms. The zero-order valence-corrected chi connectivity index (χ0v) is 15.7. The van der Waals surface area contributed by atoms with E-state index in [-0.39, 0.29) is 6.54 Å². The number of rotatable bonds is 5. The van der Waals surface area contributed by atoms with E-state index < -0.39 is 24.3 Å². The molecule has 1 aromatic carbocycles. The molecule has 1 aliphatic rings. The Morgan fingerprint density at radius 3 is 2.28 bits per heavy atom. The summed E-state index contributed by atoms with van der Waals surface area (Å²) in [6, 6.07) is 5.07. The van der Waals surface area contributed by atoms with Crippen LogP contribution in [0.1, 0.15) is 43.6 Å². The summed E-state index contributed by atoms with van der Waals surface area (Å²) in [6.07, 6.45) is 1.84. The molecule has 2 N–H and O–H groups in total. The summed E-state index contributed by atoms with van der Waals surface area (Å²) in [7, 11) is 2.36. The van der Waals surface area contributed by atoms with Crippen LogP contribution in [0.25, 0.3) is 6.08 Å².